The van der Waals surface area contributed by atoms with Crippen molar-refractivity contribution in [3.05, 3.63) is 24.3 Å². The zero-order valence-corrected chi connectivity index (χ0v) is 14.1. The Hall–Kier alpha value is -1.11. The molecule has 0 saturated heterocycles. The second-order valence-corrected chi connectivity index (χ2v) is 7.49. The molecule has 1 aromatic carbocycles. The van der Waals surface area contributed by atoms with Crippen LogP contribution in [0.25, 0.3) is 0 Å². The van der Waals surface area contributed by atoms with Gasteiger partial charge in [-0.2, -0.15) is 0 Å². The average molecular weight is 314 g/mol. The number of hydrogen-bond acceptors (Lipinski definition) is 4. The molecule has 21 heavy (non-hydrogen) atoms. The summed E-state index contributed by atoms with van der Waals surface area (Å²) in [5.74, 6) is 0. The van der Waals surface area contributed by atoms with E-state index >= 15 is 0 Å². The van der Waals surface area contributed by atoms with Crippen molar-refractivity contribution in [2.75, 3.05) is 24.5 Å². The van der Waals surface area contributed by atoms with E-state index in [0.29, 0.717) is 13.1 Å². The number of benzene rings is 1. The standard InChI is InChI=1S/C15H26N2O3S/c1-5-11-16-21(19,20)14-9-7-13(8-10-14)17(6-2)12-15(3,4)18/h7-10,16,18H,5-6,11-12H2,1-4H3. The SMILES string of the molecule is CCCNS(=O)(=O)c1ccc(N(CC)CC(C)(C)O)cc1. The molecule has 0 amide bonds. The molecule has 0 bridgehead atoms. The molecular weight excluding hydrogens is 288 g/mol. The van der Waals surface area contributed by atoms with Crippen LogP contribution in [0.4, 0.5) is 5.69 Å². The van der Waals surface area contributed by atoms with Gasteiger partial charge in [0.05, 0.1) is 10.5 Å². The lowest BCUT2D eigenvalue weighted by atomic mass is 10.1. The molecule has 0 saturated carbocycles. The molecule has 0 aromatic heterocycles. The Labute approximate surface area is 128 Å². The number of hydrogen-bond donors (Lipinski definition) is 2. The van der Waals surface area contributed by atoms with Gasteiger partial charge >= 0.3 is 0 Å². The smallest absolute Gasteiger partial charge is 0.240 e. The Bertz CT molecular complexity index is 533. The fourth-order valence-corrected chi connectivity index (χ4v) is 3.14. The lowest BCUT2D eigenvalue weighted by Gasteiger charge is -2.30. The fraction of sp³-hybridized carbons (Fsp3) is 0.600. The van der Waals surface area contributed by atoms with Crippen LogP contribution in [0, 0.1) is 0 Å². The lowest BCUT2D eigenvalue weighted by molar-refractivity contribution is 0.0876. The van der Waals surface area contributed by atoms with Crippen molar-refractivity contribution in [2.24, 2.45) is 0 Å². The minimum absolute atomic E-state index is 0.263. The largest absolute Gasteiger partial charge is 0.389 e. The third kappa shape index (κ3) is 5.65. The van der Waals surface area contributed by atoms with E-state index in [4.69, 9.17) is 0 Å². The van der Waals surface area contributed by atoms with E-state index in [0.717, 1.165) is 18.7 Å². The van der Waals surface area contributed by atoms with Crippen LogP contribution in [0.15, 0.2) is 29.2 Å². The first-order valence-electron chi connectivity index (χ1n) is 7.26. The fourth-order valence-electron chi connectivity index (χ4n) is 2.01. The molecule has 0 aliphatic carbocycles. The monoisotopic (exact) mass is 314 g/mol. The summed E-state index contributed by atoms with van der Waals surface area (Å²) in [6, 6.07) is 6.74. The molecule has 120 valence electrons. The summed E-state index contributed by atoms with van der Waals surface area (Å²) in [5, 5.41) is 9.91. The zero-order chi connectivity index (χ0) is 16.1. The second kappa shape index (κ2) is 7.24. The van der Waals surface area contributed by atoms with Gasteiger partial charge in [-0.25, -0.2) is 13.1 Å². The van der Waals surface area contributed by atoms with Gasteiger partial charge in [-0.05, 0) is 51.5 Å². The molecule has 6 heteroatoms. The summed E-state index contributed by atoms with van der Waals surface area (Å²) in [6.07, 6.45) is 0.756. The van der Waals surface area contributed by atoms with Crippen LogP contribution >= 0.6 is 0 Å². The summed E-state index contributed by atoms with van der Waals surface area (Å²) < 4.78 is 26.6. The highest BCUT2D eigenvalue weighted by molar-refractivity contribution is 7.89. The average Bonchev–Trinajstić information content (AvgIpc) is 2.42. The predicted octanol–water partition coefficient (Wildman–Crippen LogP) is 1.97. The molecule has 0 spiro atoms. The van der Waals surface area contributed by atoms with Crippen molar-refractivity contribution in [3.8, 4) is 0 Å². The first-order chi connectivity index (χ1) is 9.69. The molecular formula is C15H26N2O3S. The van der Waals surface area contributed by atoms with E-state index in [1.165, 1.54) is 0 Å². The zero-order valence-electron chi connectivity index (χ0n) is 13.3. The first kappa shape index (κ1) is 17.9. The summed E-state index contributed by atoms with van der Waals surface area (Å²) >= 11 is 0. The summed E-state index contributed by atoms with van der Waals surface area (Å²) in [4.78, 5) is 2.27. The molecule has 0 aliphatic heterocycles. The highest BCUT2D eigenvalue weighted by Crippen LogP contribution is 2.20. The normalized spacial score (nSPS) is 12.4. The molecule has 1 aromatic rings. The third-order valence-corrected chi connectivity index (χ3v) is 4.49. The Morgan fingerprint density at radius 1 is 1.19 bits per heavy atom. The summed E-state index contributed by atoms with van der Waals surface area (Å²) in [6.45, 7) is 9.09. The molecule has 2 N–H and O–H groups in total. The molecule has 5 nitrogen and oxygen atoms in total. The van der Waals surface area contributed by atoms with Crippen LogP contribution in [0.3, 0.4) is 0 Å². The number of anilines is 1. The van der Waals surface area contributed by atoms with Crippen molar-refractivity contribution in [3.63, 3.8) is 0 Å². The van der Waals surface area contributed by atoms with Gasteiger partial charge in [0.15, 0.2) is 0 Å². The maximum atomic E-state index is 12.0. The maximum absolute atomic E-state index is 12.0. The number of nitrogens with one attached hydrogen (secondary N) is 1. The van der Waals surface area contributed by atoms with Gasteiger partial charge in [0, 0.05) is 25.3 Å². The van der Waals surface area contributed by atoms with Crippen molar-refractivity contribution < 1.29 is 13.5 Å². The number of aliphatic hydroxyl groups is 1. The molecule has 1 rings (SSSR count). The Morgan fingerprint density at radius 3 is 2.19 bits per heavy atom. The van der Waals surface area contributed by atoms with E-state index in [9.17, 15) is 13.5 Å². The van der Waals surface area contributed by atoms with Gasteiger partial charge in [0.1, 0.15) is 0 Å². The summed E-state index contributed by atoms with van der Waals surface area (Å²) in [7, 11) is -3.42. The molecule has 0 aliphatic rings. The van der Waals surface area contributed by atoms with Crippen LogP contribution in [0.1, 0.15) is 34.1 Å². The highest BCUT2D eigenvalue weighted by atomic mass is 32.2. The van der Waals surface area contributed by atoms with E-state index in [1.807, 2.05) is 18.7 Å². The van der Waals surface area contributed by atoms with Gasteiger partial charge < -0.3 is 10.0 Å². The van der Waals surface area contributed by atoms with Crippen molar-refractivity contribution in [2.45, 2.75) is 44.6 Å². The minimum atomic E-state index is -3.42. The summed E-state index contributed by atoms with van der Waals surface area (Å²) in [5.41, 5.74) is 0.0951. The first-order valence-corrected chi connectivity index (χ1v) is 8.75. The van der Waals surface area contributed by atoms with Crippen LogP contribution in [0.2, 0.25) is 0 Å². The Kier molecular flexibility index (Phi) is 6.19. The molecule has 0 unspecified atom stereocenters. The Balaban J connectivity index is 2.91. The van der Waals surface area contributed by atoms with E-state index in [2.05, 4.69) is 4.72 Å². The van der Waals surface area contributed by atoms with E-state index in [1.54, 1.807) is 38.1 Å². The quantitative estimate of drug-likeness (QED) is 0.770. The van der Waals surface area contributed by atoms with Gasteiger partial charge in [0.2, 0.25) is 10.0 Å². The maximum Gasteiger partial charge on any atom is 0.240 e. The van der Waals surface area contributed by atoms with Gasteiger partial charge in [-0.3, -0.25) is 0 Å². The number of sulfonamides is 1. The number of likely N-dealkylation sites (N-methyl/N-ethyl adjacent to an activating group) is 1. The van der Waals surface area contributed by atoms with Crippen molar-refractivity contribution in [1.82, 2.24) is 4.72 Å². The van der Waals surface area contributed by atoms with Crippen LogP contribution in [-0.2, 0) is 10.0 Å². The van der Waals surface area contributed by atoms with Crippen LogP contribution in [-0.4, -0.2) is 38.8 Å². The molecule has 0 atom stereocenters. The number of rotatable bonds is 8. The van der Waals surface area contributed by atoms with E-state index in [-0.39, 0.29) is 4.90 Å². The van der Waals surface area contributed by atoms with E-state index < -0.39 is 15.6 Å². The topological polar surface area (TPSA) is 69.6 Å². The van der Waals surface area contributed by atoms with Crippen molar-refractivity contribution in [1.29, 1.82) is 0 Å². The van der Waals surface area contributed by atoms with Gasteiger partial charge in [-0.1, -0.05) is 6.92 Å². The van der Waals surface area contributed by atoms with Crippen LogP contribution < -0.4 is 9.62 Å². The van der Waals surface area contributed by atoms with Gasteiger partial charge in [-0.15, -0.1) is 0 Å². The molecule has 0 radical (unpaired) electrons. The molecule has 0 fully saturated rings. The second-order valence-electron chi connectivity index (χ2n) is 5.72. The molecule has 0 heterocycles. The Morgan fingerprint density at radius 2 is 1.76 bits per heavy atom. The third-order valence-electron chi connectivity index (χ3n) is 3.01. The van der Waals surface area contributed by atoms with Gasteiger partial charge in [0.25, 0.3) is 0 Å². The lowest BCUT2D eigenvalue weighted by Crippen LogP contribution is -2.38. The minimum Gasteiger partial charge on any atom is -0.389 e. The van der Waals surface area contributed by atoms with Crippen LogP contribution in [0.5, 0.6) is 0 Å². The highest BCUT2D eigenvalue weighted by Gasteiger charge is 2.18. The predicted molar refractivity (Wildman–Crippen MR) is 86.1 cm³/mol. The van der Waals surface area contributed by atoms with Crippen molar-refractivity contribution >= 4 is 15.7 Å². The number of nitrogens with zero attached hydrogens (tertiary/aromatic N) is 1.